The molecular formula is C26H31N5O3. The van der Waals surface area contributed by atoms with Crippen molar-refractivity contribution in [2.75, 3.05) is 26.2 Å². The summed E-state index contributed by atoms with van der Waals surface area (Å²) in [7, 11) is 0. The SMILES string of the molecule is C[C@H](O)CN1C[C@@H]2C(C#Cc3ccc(-c4cc([C@@H](CN)n5ccnc5[C@H](C)O)no4)cc3)[C@@H]2C1. The fourth-order valence-corrected chi connectivity index (χ4v) is 5.11. The third-order valence-corrected chi connectivity index (χ3v) is 6.85. The van der Waals surface area contributed by atoms with Gasteiger partial charge in [0.15, 0.2) is 5.76 Å². The van der Waals surface area contributed by atoms with Crippen molar-refractivity contribution in [3.05, 3.63) is 59.8 Å². The van der Waals surface area contributed by atoms with Crippen molar-refractivity contribution in [1.29, 1.82) is 0 Å². The minimum atomic E-state index is -0.706. The third-order valence-electron chi connectivity index (χ3n) is 6.85. The summed E-state index contributed by atoms with van der Waals surface area (Å²) >= 11 is 0. The van der Waals surface area contributed by atoms with E-state index in [0.29, 0.717) is 41.6 Å². The molecule has 1 aliphatic carbocycles. The maximum Gasteiger partial charge on any atom is 0.167 e. The van der Waals surface area contributed by atoms with E-state index in [1.165, 1.54) is 0 Å². The second-order valence-electron chi connectivity index (χ2n) is 9.50. The number of imidazole rings is 1. The number of fused-ring (bicyclic) bond motifs is 1. The summed E-state index contributed by atoms with van der Waals surface area (Å²) in [6, 6.07) is 9.59. The van der Waals surface area contributed by atoms with Crippen molar-refractivity contribution >= 4 is 0 Å². The predicted octanol–water partition coefficient (Wildman–Crippen LogP) is 2.05. The molecule has 34 heavy (non-hydrogen) atoms. The normalized spacial score (nSPS) is 24.2. The molecule has 3 heterocycles. The number of rotatable bonds is 7. The van der Waals surface area contributed by atoms with E-state index >= 15 is 0 Å². The molecule has 4 N–H and O–H groups in total. The number of aromatic nitrogens is 3. The lowest BCUT2D eigenvalue weighted by atomic mass is 10.1. The highest BCUT2D eigenvalue weighted by Gasteiger charge is 2.54. The van der Waals surface area contributed by atoms with Gasteiger partial charge in [0, 0.05) is 61.7 Å². The molecule has 0 bridgehead atoms. The molecule has 1 aliphatic heterocycles. The van der Waals surface area contributed by atoms with Crippen molar-refractivity contribution in [3.8, 4) is 23.2 Å². The molecule has 0 amide bonds. The van der Waals surface area contributed by atoms with Crippen LogP contribution in [0, 0.1) is 29.6 Å². The molecule has 1 unspecified atom stereocenters. The fraction of sp³-hybridized carbons (Fsp3) is 0.462. The Morgan fingerprint density at radius 2 is 1.91 bits per heavy atom. The molecule has 2 fully saturated rings. The molecule has 1 aromatic carbocycles. The molecule has 8 nitrogen and oxygen atoms in total. The van der Waals surface area contributed by atoms with Gasteiger partial charge in [-0.15, -0.1) is 0 Å². The second-order valence-corrected chi connectivity index (χ2v) is 9.50. The molecule has 178 valence electrons. The molecule has 6 atom stereocenters. The smallest absolute Gasteiger partial charge is 0.167 e. The third kappa shape index (κ3) is 4.52. The molecule has 2 aromatic heterocycles. The predicted molar refractivity (Wildman–Crippen MR) is 127 cm³/mol. The number of piperidine rings is 1. The van der Waals surface area contributed by atoms with Crippen molar-refractivity contribution in [1.82, 2.24) is 19.6 Å². The van der Waals surface area contributed by atoms with Gasteiger partial charge in [0.1, 0.15) is 17.6 Å². The van der Waals surface area contributed by atoms with Crippen LogP contribution in [0.4, 0.5) is 0 Å². The molecule has 0 radical (unpaired) electrons. The maximum atomic E-state index is 9.97. The average molecular weight is 462 g/mol. The van der Waals surface area contributed by atoms with Gasteiger partial charge < -0.3 is 29.9 Å². The largest absolute Gasteiger partial charge is 0.392 e. The highest BCUT2D eigenvalue weighted by atomic mass is 16.5. The Morgan fingerprint density at radius 1 is 1.18 bits per heavy atom. The van der Waals surface area contributed by atoms with E-state index in [1.807, 2.05) is 41.8 Å². The van der Waals surface area contributed by atoms with Crippen molar-refractivity contribution < 1.29 is 14.7 Å². The Kier molecular flexibility index (Phi) is 6.28. The first kappa shape index (κ1) is 22.8. The van der Waals surface area contributed by atoms with Crippen LogP contribution in [0.15, 0.2) is 47.2 Å². The summed E-state index contributed by atoms with van der Waals surface area (Å²) in [6.07, 6.45) is 2.46. The number of benzene rings is 1. The second kappa shape index (κ2) is 9.35. The summed E-state index contributed by atoms with van der Waals surface area (Å²) in [5.74, 6) is 9.74. The van der Waals surface area contributed by atoms with E-state index in [2.05, 4.69) is 26.9 Å². The first-order valence-electron chi connectivity index (χ1n) is 11.8. The molecule has 8 heteroatoms. The molecule has 1 saturated heterocycles. The van der Waals surface area contributed by atoms with E-state index in [-0.39, 0.29) is 12.1 Å². The zero-order chi connectivity index (χ0) is 23.8. The summed E-state index contributed by atoms with van der Waals surface area (Å²) in [6.45, 7) is 6.67. The Bertz CT molecular complexity index is 1170. The fourth-order valence-electron chi connectivity index (χ4n) is 5.11. The van der Waals surface area contributed by atoms with Gasteiger partial charge >= 0.3 is 0 Å². The number of hydrogen-bond acceptors (Lipinski definition) is 7. The number of aliphatic hydroxyl groups excluding tert-OH is 2. The number of hydrogen-bond donors (Lipinski definition) is 3. The van der Waals surface area contributed by atoms with E-state index in [1.54, 1.807) is 19.3 Å². The lowest BCUT2D eigenvalue weighted by Gasteiger charge is -2.19. The van der Waals surface area contributed by atoms with Gasteiger partial charge in [-0.1, -0.05) is 17.0 Å². The van der Waals surface area contributed by atoms with Crippen LogP contribution < -0.4 is 5.73 Å². The zero-order valence-corrected chi connectivity index (χ0v) is 19.5. The molecule has 1 saturated carbocycles. The molecule has 5 rings (SSSR count). The summed E-state index contributed by atoms with van der Waals surface area (Å²) in [4.78, 5) is 6.57. The highest BCUT2D eigenvalue weighted by molar-refractivity contribution is 5.59. The molecule has 3 aromatic rings. The number of β-amino-alcohol motifs (C(OH)–C–C–N with tert-alkyl or cyclic N) is 1. The molecule has 2 aliphatic rings. The Morgan fingerprint density at radius 3 is 2.56 bits per heavy atom. The van der Waals surface area contributed by atoms with Gasteiger partial charge in [0.2, 0.25) is 0 Å². The lowest BCUT2D eigenvalue weighted by Crippen LogP contribution is -2.31. The summed E-state index contributed by atoms with van der Waals surface area (Å²) in [5.41, 5.74) is 8.60. The van der Waals surface area contributed by atoms with Crippen LogP contribution >= 0.6 is 0 Å². The van der Waals surface area contributed by atoms with Crippen LogP contribution in [0.1, 0.15) is 43.1 Å². The van der Waals surface area contributed by atoms with Gasteiger partial charge in [-0.3, -0.25) is 0 Å². The van der Waals surface area contributed by atoms with Crippen molar-refractivity contribution in [2.24, 2.45) is 23.5 Å². The van der Waals surface area contributed by atoms with E-state index < -0.39 is 6.10 Å². The van der Waals surface area contributed by atoms with Crippen LogP contribution in [0.5, 0.6) is 0 Å². The monoisotopic (exact) mass is 461 g/mol. The zero-order valence-electron chi connectivity index (χ0n) is 19.5. The van der Waals surface area contributed by atoms with E-state index in [9.17, 15) is 10.2 Å². The van der Waals surface area contributed by atoms with Gasteiger partial charge in [0.25, 0.3) is 0 Å². The van der Waals surface area contributed by atoms with Gasteiger partial charge in [-0.25, -0.2) is 4.98 Å². The summed E-state index contributed by atoms with van der Waals surface area (Å²) < 4.78 is 7.44. The van der Waals surface area contributed by atoms with Crippen LogP contribution in [-0.2, 0) is 0 Å². The van der Waals surface area contributed by atoms with Gasteiger partial charge in [0.05, 0.1) is 12.1 Å². The topological polar surface area (TPSA) is 114 Å². The first-order chi connectivity index (χ1) is 16.4. The number of nitrogens with zero attached hydrogens (tertiary/aromatic N) is 4. The maximum absolute atomic E-state index is 9.97. The average Bonchev–Trinajstić information content (AvgIpc) is 3.31. The quantitative estimate of drug-likeness (QED) is 0.462. The standard InChI is InChI=1S/C26H31N5O3/c1-16(32)13-30-14-21-20(22(21)15-30)8-5-18-3-6-19(7-4-18)25-11-23(29-34-25)24(12-27)31-10-9-28-26(31)17(2)33/h3-4,6-7,9-11,16-17,20-22,24,32-33H,12-15,27H2,1-2H3/t16-,17-,20?,21-,22+,24+/m0/s1. The minimum Gasteiger partial charge on any atom is -0.392 e. The minimum absolute atomic E-state index is 0.269. The van der Waals surface area contributed by atoms with Crippen LogP contribution in [0.3, 0.4) is 0 Å². The van der Waals surface area contributed by atoms with Gasteiger partial charge in [-0.2, -0.15) is 0 Å². The Balaban J connectivity index is 1.24. The summed E-state index contributed by atoms with van der Waals surface area (Å²) in [5, 5.41) is 23.8. The molecular weight excluding hydrogens is 430 g/mol. The first-order valence-corrected chi connectivity index (χ1v) is 11.8. The Labute approximate surface area is 199 Å². The van der Waals surface area contributed by atoms with Gasteiger partial charge in [-0.05, 0) is 49.9 Å². The van der Waals surface area contributed by atoms with Crippen molar-refractivity contribution in [3.63, 3.8) is 0 Å². The number of likely N-dealkylation sites (tertiary alicyclic amines) is 1. The molecule has 0 spiro atoms. The van der Waals surface area contributed by atoms with Crippen LogP contribution in [0.25, 0.3) is 11.3 Å². The lowest BCUT2D eigenvalue weighted by molar-refractivity contribution is 0.132. The van der Waals surface area contributed by atoms with Crippen LogP contribution in [-0.4, -0.2) is 62.1 Å². The Hall–Kier alpha value is -2.96. The number of aliphatic hydroxyl groups is 2. The van der Waals surface area contributed by atoms with Crippen LogP contribution in [0.2, 0.25) is 0 Å². The number of nitrogens with two attached hydrogens (primary N) is 1. The highest BCUT2D eigenvalue weighted by Crippen LogP contribution is 2.51. The van der Waals surface area contributed by atoms with Crippen molar-refractivity contribution in [2.45, 2.75) is 32.1 Å². The van der Waals surface area contributed by atoms with E-state index in [4.69, 9.17) is 10.3 Å². The van der Waals surface area contributed by atoms with E-state index in [0.717, 1.165) is 30.8 Å².